The maximum atomic E-state index is 10.2. The van der Waals surface area contributed by atoms with Crippen LogP contribution in [0.15, 0.2) is 0 Å². The number of nitrogens with one attached hydrogen (secondary N) is 1. The van der Waals surface area contributed by atoms with Crippen LogP contribution >= 0.6 is 12.4 Å². The Hall–Kier alpha value is -0.120. The maximum absolute atomic E-state index is 10.2. The molecule has 1 aliphatic heterocycles. The summed E-state index contributed by atoms with van der Waals surface area (Å²) in [5, 5.41) is 12.3. The first-order valence-electron chi connectivity index (χ1n) is 3.16. The fourth-order valence-electron chi connectivity index (χ4n) is 0.978. The fraction of sp³-hybridized carbons (Fsp3) is 0.833. The van der Waals surface area contributed by atoms with Crippen molar-refractivity contribution in [2.75, 3.05) is 13.1 Å². The first kappa shape index (κ1) is 9.88. The van der Waals surface area contributed by atoms with Crippen LogP contribution in [0.1, 0.15) is 12.8 Å². The predicted molar refractivity (Wildman–Crippen MR) is 40.4 cm³/mol. The van der Waals surface area contributed by atoms with Gasteiger partial charge >= 0.3 is 0 Å². The second kappa shape index (κ2) is 3.91. The standard InChI is InChI=1S/C6H11NO2.ClH/c8-5-6(9)1-3-7-4-2-6;/h5,7,9H,1-4H2;1H. The van der Waals surface area contributed by atoms with Crippen LogP contribution in [-0.2, 0) is 4.79 Å². The highest BCUT2D eigenvalue weighted by Crippen LogP contribution is 2.13. The topological polar surface area (TPSA) is 49.3 Å². The van der Waals surface area contributed by atoms with E-state index in [2.05, 4.69) is 5.32 Å². The molecule has 0 aliphatic carbocycles. The second-order valence-electron chi connectivity index (χ2n) is 2.47. The van der Waals surface area contributed by atoms with Crippen molar-refractivity contribution in [1.29, 1.82) is 0 Å². The number of hydrogen-bond donors (Lipinski definition) is 2. The summed E-state index contributed by atoms with van der Waals surface area (Å²) in [5.41, 5.74) is -1.02. The van der Waals surface area contributed by atoms with Crippen LogP contribution < -0.4 is 5.32 Å². The molecule has 0 unspecified atom stereocenters. The van der Waals surface area contributed by atoms with Gasteiger partial charge in [0.15, 0.2) is 6.29 Å². The van der Waals surface area contributed by atoms with Gasteiger partial charge in [-0.3, -0.25) is 0 Å². The summed E-state index contributed by atoms with van der Waals surface area (Å²) < 4.78 is 0. The number of rotatable bonds is 1. The van der Waals surface area contributed by atoms with Gasteiger partial charge in [-0.15, -0.1) is 12.4 Å². The highest BCUT2D eigenvalue weighted by molar-refractivity contribution is 5.85. The van der Waals surface area contributed by atoms with Crippen LogP contribution in [0.2, 0.25) is 0 Å². The van der Waals surface area contributed by atoms with Gasteiger partial charge in [0.2, 0.25) is 0 Å². The lowest BCUT2D eigenvalue weighted by Gasteiger charge is -2.26. The number of hydrogen-bond acceptors (Lipinski definition) is 3. The SMILES string of the molecule is Cl.O=CC1(O)CCNCC1. The molecular weight excluding hydrogens is 154 g/mol. The number of carbonyl (C=O) groups excluding carboxylic acids is 1. The Kier molecular flexibility index (Phi) is 3.86. The third kappa shape index (κ3) is 2.25. The first-order valence-corrected chi connectivity index (χ1v) is 3.16. The first-order chi connectivity index (χ1) is 4.27. The minimum Gasteiger partial charge on any atom is -0.382 e. The molecule has 10 heavy (non-hydrogen) atoms. The van der Waals surface area contributed by atoms with Gasteiger partial charge in [-0.2, -0.15) is 0 Å². The monoisotopic (exact) mass is 165 g/mol. The third-order valence-electron chi connectivity index (χ3n) is 1.69. The smallest absolute Gasteiger partial charge is 0.151 e. The number of aliphatic hydroxyl groups is 1. The fourth-order valence-corrected chi connectivity index (χ4v) is 0.978. The van der Waals surface area contributed by atoms with Crippen molar-refractivity contribution in [3.63, 3.8) is 0 Å². The van der Waals surface area contributed by atoms with Gasteiger partial charge in [-0.25, -0.2) is 0 Å². The normalized spacial score (nSPS) is 22.9. The van der Waals surface area contributed by atoms with E-state index in [1.165, 1.54) is 0 Å². The molecule has 0 aromatic rings. The minimum atomic E-state index is -1.02. The van der Waals surface area contributed by atoms with E-state index >= 15 is 0 Å². The van der Waals surface area contributed by atoms with Gasteiger partial charge in [-0.05, 0) is 25.9 Å². The van der Waals surface area contributed by atoms with Crippen LogP contribution in [0, 0.1) is 0 Å². The zero-order valence-corrected chi connectivity index (χ0v) is 6.49. The Bertz CT molecular complexity index is 112. The lowest BCUT2D eigenvalue weighted by molar-refractivity contribution is -0.126. The summed E-state index contributed by atoms with van der Waals surface area (Å²) in [4.78, 5) is 10.2. The Balaban J connectivity index is 0.000000810. The number of carbonyl (C=O) groups is 1. The van der Waals surface area contributed by atoms with Crippen molar-refractivity contribution >= 4 is 18.7 Å². The zero-order chi connectivity index (χ0) is 6.74. The lowest BCUT2D eigenvalue weighted by Crippen LogP contribution is -2.42. The van der Waals surface area contributed by atoms with E-state index in [1.807, 2.05) is 0 Å². The minimum absolute atomic E-state index is 0. The van der Waals surface area contributed by atoms with E-state index < -0.39 is 5.60 Å². The zero-order valence-electron chi connectivity index (χ0n) is 5.67. The van der Waals surface area contributed by atoms with Crippen molar-refractivity contribution in [3.05, 3.63) is 0 Å². The third-order valence-corrected chi connectivity index (χ3v) is 1.69. The van der Waals surface area contributed by atoms with Gasteiger partial charge in [-0.1, -0.05) is 0 Å². The summed E-state index contributed by atoms with van der Waals surface area (Å²) in [6.45, 7) is 1.49. The van der Waals surface area contributed by atoms with Crippen LogP contribution in [0.25, 0.3) is 0 Å². The molecular formula is C6H12ClNO2. The molecule has 1 saturated heterocycles. The second-order valence-corrected chi connectivity index (χ2v) is 2.47. The predicted octanol–water partition coefficient (Wildman–Crippen LogP) is -0.278. The summed E-state index contributed by atoms with van der Waals surface area (Å²) in [7, 11) is 0. The van der Waals surface area contributed by atoms with Crippen molar-refractivity contribution in [1.82, 2.24) is 5.32 Å². The van der Waals surface area contributed by atoms with Gasteiger partial charge in [0.25, 0.3) is 0 Å². The molecule has 0 atom stereocenters. The Morgan fingerprint density at radius 2 is 1.90 bits per heavy atom. The van der Waals surface area contributed by atoms with Crippen molar-refractivity contribution in [2.45, 2.75) is 18.4 Å². The Morgan fingerprint density at radius 3 is 2.20 bits per heavy atom. The highest BCUT2D eigenvalue weighted by atomic mass is 35.5. The van der Waals surface area contributed by atoms with Crippen LogP contribution in [-0.4, -0.2) is 30.1 Å². The largest absolute Gasteiger partial charge is 0.382 e. The molecule has 1 heterocycles. The number of halogens is 1. The molecule has 0 aromatic heterocycles. The molecule has 0 aromatic carbocycles. The molecule has 0 radical (unpaired) electrons. The maximum Gasteiger partial charge on any atom is 0.151 e. The van der Waals surface area contributed by atoms with Crippen molar-refractivity contribution in [3.8, 4) is 0 Å². The van der Waals surface area contributed by atoms with Gasteiger partial charge in [0.1, 0.15) is 5.60 Å². The molecule has 0 amide bonds. The highest BCUT2D eigenvalue weighted by Gasteiger charge is 2.27. The molecule has 0 spiro atoms. The Morgan fingerprint density at radius 1 is 1.40 bits per heavy atom. The molecule has 1 fully saturated rings. The lowest BCUT2D eigenvalue weighted by atomic mass is 9.95. The molecule has 4 heteroatoms. The summed E-state index contributed by atoms with van der Waals surface area (Å²) in [5.74, 6) is 0. The van der Waals surface area contributed by atoms with E-state index in [0.29, 0.717) is 19.1 Å². The van der Waals surface area contributed by atoms with E-state index in [-0.39, 0.29) is 12.4 Å². The Labute approximate surface area is 66.2 Å². The van der Waals surface area contributed by atoms with E-state index in [1.54, 1.807) is 0 Å². The van der Waals surface area contributed by atoms with Crippen molar-refractivity contribution in [2.24, 2.45) is 0 Å². The molecule has 1 rings (SSSR count). The molecule has 60 valence electrons. The summed E-state index contributed by atoms with van der Waals surface area (Å²) in [6, 6.07) is 0. The van der Waals surface area contributed by atoms with E-state index in [0.717, 1.165) is 13.1 Å². The van der Waals surface area contributed by atoms with E-state index in [9.17, 15) is 9.90 Å². The molecule has 0 bridgehead atoms. The van der Waals surface area contributed by atoms with Crippen LogP contribution in [0.5, 0.6) is 0 Å². The van der Waals surface area contributed by atoms with Crippen LogP contribution in [0.3, 0.4) is 0 Å². The number of piperidine rings is 1. The van der Waals surface area contributed by atoms with Gasteiger partial charge < -0.3 is 15.2 Å². The van der Waals surface area contributed by atoms with Gasteiger partial charge in [0, 0.05) is 0 Å². The van der Waals surface area contributed by atoms with Crippen molar-refractivity contribution < 1.29 is 9.90 Å². The number of aldehydes is 1. The van der Waals surface area contributed by atoms with Crippen LogP contribution in [0.4, 0.5) is 0 Å². The molecule has 1 aliphatic rings. The molecule has 2 N–H and O–H groups in total. The quantitative estimate of drug-likeness (QED) is 0.526. The molecule has 3 nitrogen and oxygen atoms in total. The summed E-state index contributed by atoms with van der Waals surface area (Å²) in [6.07, 6.45) is 1.75. The molecule has 0 saturated carbocycles. The average molecular weight is 166 g/mol. The van der Waals surface area contributed by atoms with E-state index in [4.69, 9.17) is 0 Å². The average Bonchev–Trinajstić information content (AvgIpc) is 1.90. The van der Waals surface area contributed by atoms with Gasteiger partial charge in [0.05, 0.1) is 0 Å². The summed E-state index contributed by atoms with van der Waals surface area (Å²) >= 11 is 0.